The smallest absolute Gasteiger partial charge is 0.0951 e. The zero-order chi connectivity index (χ0) is 13.4. The van der Waals surface area contributed by atoms with Gasteiger partial charge < -0.3 is 9.88 Å². The Hall–Kier alpha value is -1.77. The van der Waals surface area contributed by atoms with Gasteiger partial charge in [0.05, 0.1) is 18.2 Å². The van der Waals surface area contributed by atoms with Crippen LogP contribution in [0.2, 0.25) is 0 Å². The Morgan fingerprint density at radius 2 is 2.20 bits per heavy atom. The number of para-hydroxylation sites is 1. The largest absolute Gasteiger partial charge is 0.384 e. The molecule has 3 heteroatoms. The highest BCUT2D eigenvalue weighted by Crippen LogP contribution is 2.35. The van der Waals surface area contributed by atoms with E-state index in [4.69, 9.17) is 0 Å². The fourth-order valence-corrected chi connectivity index (χ4v) is 3.37. The molecule has 2 aromatic rings. The van der Waals surface area contributed by atoms with E-state index in [0.29, 0.717) is 0 Å². The predicted octanol–water partition coefficient (Wildman–Crippen LogP) is 3.71. The van der Waals surface area contributed by atoms with Crippen molar-refractivity contribution in [3.8, 4) is 11.3 Å². The summed E-state index contributed by atoms with van der Waals surface area (Å²) in [5, 5.41) is 3.59. The van der Waals surface area contributed by atoms with Crippen LogP contribution in [0.25, 0.3) is 11.3 Å². The van der Waals surface area contributed by atoms with Gasteiger partial charge in [-0.3, -0.25) is 0 Å². The summed E-state index contributed by atoms with van der Waals surface area (Å²) in [5.41, 5.74) is 5.36. The lowest BCUT2D eigenvalue weighted by Gasteiger charge is -2.27. The Labute approximate surface area is 120 Å². The molecule has 1 N–H and O–H groups in total. The van der Waals surface area contributed by atoms with Crippen molar-refractivity contribution in [3.63, 3.8) is 0 Å². The molecule has 0 radical (unpaired) electrons. The average Bonchev–Trinajstić information content (AvgIpc) is 2.90. The van der Waals surface area contributed by atoms with E-state index in [-0.39, 0.29) is 0 Å². The van der Waals surface area contributed by atoms with Crippen LogP contribution >= 0.6 is 0 Å². The van der Waals surface area contributed by atoms with E-state index in [1.165, 1.54) is 54.6 Å². The van der Waals surface area contributed by atoms with E-state index >= 15 is 0 Å². The van der Waals surface area contributed by atoms with Gasteiger partial charge in [0.25, 0.3) is 0 Å². The molecule has 20 heavy (non-hydrogen) atoms. The topological polar surface area (TPSA) is 29.9 Å². The van der Waals surface area contributed by atoms with Crippen molar-refractivity contribution >= 4 is 5.69 Å². The van der Waals surface area contributed by atoms with Gasteiger partial charge in [-0.1, -0.05) is 24.6 Å². The van der Waals surface area contributed by atoms with Crippen LogP contribution in [-0.4, -0.2) is 16.1 Å². The summed E-state index contributed by atoms with van der Waals surface area (Å²) >= 11 is 0. The summed E-state index contributed by atoms with van der Waals surface area (Å²) in [7, 11) is 0. The van der Waals surface area contributed by atoms with E-state index in [1.807, 2.05) is 12.5 Å². The maximum atomic E-state index is 4.39. The first-order valence-electron chi connectivity index (χ1n) is 7.78. The number of benzene rings is 1. The standard InChI is InChI=1S/C17H21N3/c1-4-13(5-1)11-20-12-18-10-16(20)15-8-2-6-14-7-3-9-19-17(14)15/h2,6,8,10,12-13,19H,1,3-5,7,9,11H2. The van der Waals surface area contributed by atoms with Crippen LogP contribution in [0.1, 0.15) is 31.2 Å². The zero-order valence-electron chi connectivity index (χ0n) is 11.8. The Morgan fingerprint density at radius 1 is 1.25 bits per heavy atom. The number of aryl methyl sites for hydroxylation is 1. The molecular weight excluding hydrogens is 246 g/mol. The third kappa shape index (κ3) is 2.01. The van der Waals surface area contributed by atoms with E-state index in [2.05, 4.69) is 33.1 Å². The van der Waals surface area contributed by atoms with E-state index in [9.17, 15) is 0 Å². The number of rotatable bonds is 3. The second-order valence-corrected chi connectivity index (χ2v) is 6.10. The highest BCUT2D eigenvalue weighted by atomic mass is 15.1. The number of hydrogen-bond donors (Lipinski definition) is 1. The minimum absolute atomic E-state index is 0.857. The number of nitrogens with zero attached hydrogens (tertiary/aromatic N) is 2. The summed E-state index contributed by atoms with van der Waals surface area (Å²) in [5.74, 6) is 0.857. The Balaban J connectivity index is 1.72. The van der Waals surface area contributed by atoms with Gasteiger partial charge in [0.15, 0.2) is 0 Å². The molecule has 1 aromatic heterocycles. The quantitative estimate of drug-likeness (QED) is 0.918. The highest BCUT2D eigenvalue weighted by molar-refractivity contribution is 5.78. The number of fused-ring (bicyclic) bond motifs is 1. The van der Waals surface area contributed by atoms with Crippen LogP contribution < -0.4 is 5.32 Å². The Morgan fingerprint density at radius 3 is 3.05 bits per heavy atom. The summed E-state index contributed by atoms with van der Waals surface area (Å²) < 4.78 is 2.34. The van der Waals surface area contributed by atoms with Crippen molar-refractivity contribution in [2.45, 2.75) is 38.6 Å². The average molecular weight is 267 g/mol. The third-order valence-electron chi connectivity index (χ3n) is 4.74. The van der Waals surface area contributed by atoms with Gasteiger partial charge in [-0.25, -0.2) is 4.98 Å². The molecule has 2 aliphatic rings. The van der Waals surface area contributed by atoms with Crippen molar-refractivity contribution < 1.29 is 0 Å². The molecule has 4 rings (SSSR count). The molecule has 1 saturated carbocycles. The molecule has 0 atom stereocenters. The third-order valence-corrected chi connectivity index (χ3v) is 4.74. The molecule has 0 amide bonds. The molecule has 0 spiro atoms. The van der Waals surface area contributed by atoms with E-state index < -0.39 is 0 Å². The summed E-state index contributed by atoms with van der Waals surface area (Å²) in [6.07, 6.45) is 10.6. The molecule has 1 aliphatic carbocycles. The number of nitrogens with one attached hydrogen (secondary N) is 1. The number of imidazole rings is 1. The van der Waals surface area contributed by atoms with Gasteiger partial charge in [0, 0.05) is 24.3 Å². The number of anilines is 1. The van der Waals surface area contributed by atoms with Crippen molar-refractivity contribution in [2.75, 3.05) is 11.9 Å². The van der Waals surface area contributed by atoms with Crippen LogP contribution in [0.5, 0.6) is 0 Å². The van der Waals surface area contributed by atoms with Crippen LogP contribution in [0.15, 0.2) is 30.7 Å². The zero-order valence-corrected chi connectivity index (χ0v) is 11.8. The van der Waals surface area contributed by atoms with E-state index in [0.717, 1.165) is 19.0 Å². The van der Waals surface area contributed by atoms with Crippen molar-refractivity contribution in [3.05, 3.63) is 36.3 Å². The Kier molecular flexibility index (Phi) is 2.98. The maximum Gasteiger partial charge on any atom is 0.0951 e. The number of hydrogen-bond acceptors (Lipinski definition) is 2. The lowest BCUT2D eigenvalue weighted by atomic mass is 9.85. The SMILES string of the molecule is c1cc2c(c(-c3cncn3CC3CCC3)c1)NCCC2. The lowest BCUT2D eigenvalue weighted by molar-refractivity contribution is 0.277. The molecule has 1 aliphatic heterocycles. The normalized spacial score (nSPS) is 18.2. The fraction of sp³-hybridized carbons (Fsp3) is 0.471. The molecule has 104 valence electrons. The first kappa shape index (κ1) is 12.0. The van der Waals surface area contributed by atoms with Gasteiger partial charge in [-0.15, -0.1) is 0 Å². The molecule has 1 fully saturated rings. The summed E-state index contributed by atoms with van der Waals surface area (Å²) in [6, 6.07) is 6.66. The summed E-state index contributed by atoms with van der Waals surface area (Å²) in [4.78, 5) is 4.39. The van der Waals surface area contributed by atoms with Gasteiger partial charge in [0.2, 0.25) is 0 Å². The lowest BCUT2D eigenvalue weighted by Crippen LogP contribution is -2.18. The molecule has 0 bridgehead atoms. The summed E-state index contributed by atoms with van der Waals surface area (Å²) in [6.45, 7) is 2.21. The second kappa shape index (κ2) is 4.97. The van der Waals surface area contributed by atoms with Crippen LogP contribution in [0.4, 0.5) is 5.69 Å². The maximum absolute atomic E-state index is 4.39. The fourth-order valence-electron chi connectivity index (χ4n) is 3.37. The van der Waals surface area contributed by atoms with Crippen LogP contribution in [0, 0.1) is 5.92 Å². The molecular formula is C17H21N3. The minimum Gasteiger partial charge on any atom is -0.384 e. The van der Waals surface area contributed by atoms with Gasteiger partial charge in [-0.05, 0) is 37.2 Å². The first-order valence-corrected chi connectivity index (χ1v) is 7.78. The van der Waals surface area contributed by atoms with Crippen molar-refractivity contribution in [2.24, 2.45) is 5.92 Å². The van der Waals surface area contributed by atoms with Crippen molar-refractivity contribution in [1.29, 1.82) is 0 Å². The second-order valence-electron chi connectivity index (χ2n) is 6.10. The number of aromatic nitrogens is 2. The molecule has 1 aromatic carbocycles. The Bertz CT molecular complexity index is 610. The molecule has 2 heterocycles. The van der Waals surface area contributed by atoms with Gasteiger partial charge in [-0.2, -0.15) is 0 Å². The van der Waals surface area contributed by atoms with Crippen LogP contribution in [0.3, 0.4) is 0 Å². The monoisotopic (exact) mass is 267 g/mol. The first-order chi connectivity index (χ1) is 9.92. The van der Waals surface area contributed by atoms with Gasteiger partial charge >= 0.3 is 0 Å². The molecule has 0 saturated heterocycles. The predicted molar refractivity (Wildman–Crippen MR) is 81.8 cm³/mol. The van der Waals surface area contributed by atoms with Gasteiger partial charge in [0.1, 0.15) is 0 Å². The molecule has 3 nitrogen and oxygen atoms in total. The van der Waals surface area contributed by atoms with Crippen molar-refractivity contribution in [1.82, 2.24) is 9.55 Å². The highest BCUT2D eigenvalue weighted by Gasteiger charge is 2.21. The van der Waals surface area contributed by atoms with E-state index in [1.54, 1.807) is 0 Å². The molecule has 0 unspecified atom stereocenters. The van der Waals surface area contributed by atoms with Crippen LogP contribution in [-0.2, 0) is 13.0 Å². The minimum atomic E-state index is 0.857.